The van der Waals surface area contributed by atoms with Gasteiger partial charge in [0, 0.05) is 0 Å². The van der Waals surface area contributed by atoms with E-state index in [2.05, 4.69) is 24.0 Å². The van der Waals surface area contributed by atoms with Crippen LogP contribution in [-0.4, -0.2) is 22.9 Å². The summed E-state index contributed by atoms with van der Waals surface area (Å²) in [6.45, 7) is 3.63. The maximum atomic E-state index is 8.75. The average molecular weight is 183 g/mol. The minimum Gasteiger partial charge on any atom is -0.365 e. The lowest BCUT2D eigenvalue weighted by molar-refractivity contribution is 0.629. The van der Waals surface area contributed by atoms with Gasteiger partial charge in [-0.3, -0.25) is 0 Å². The summed E-state index contributed by atoms with van der Waals surface area (Å²) >= 11 is 8.46. The molecule has 0 aliphatic carbocycles. The molecular formula is C4H10NOPS2. The van der Waals surface area contributed by atoms with Crippen molar-refractivity contribution in [1.82, 2.24) is 0 Å². The first kappa shape index (κ1) is 12.1. The van der Waals surface area contributed by atoms with E-state index >= 15 is 0 Å². The topological polar surface area (TPSA) is 44.1 Å². The Morgan fingerprint density at radius 1 is 1.78 bits per heavy atom. The van der Waals surface area contributed by atoms with Crippen LogP contribution in [0.2, 0.25) is 0 Å². The van der Waals surface area contributed by atoms with Crippen LogP contribution in [0.25, 0.3) is 0 Å². The van der Waals surface area contributed by atoms with Crippen molar-refractivity contribution in [3.8, 4) is 0 Å². The molecule has 0 aromatic heterocycles. The molecule has 1 atom stereocenters. The maximum Gasteiger partial charge on any atom is 0.0605 e. The molecule has 0 radical (unpaired) electrons. The fourth-order valence-corrected chi connectivity index (χ4v) is 0. The lowest BCUT2D eigenvalue weighted by atomic mass is 11.0. The van der Waals surface area contributed by atoms with Crippen molar-refractivity contribution in [3.05, 3.63) is 0 Å². The van der Waals surface area contributed by atoms with Crippen molar-refractivity contribution in [1.29, 1.82) is 5.41 Å². The summed E-state index contributed by atoms with van der Waals surface area (Å²) < 4.78 is 0. The van der Waals surface area contributed by atoms with Gasteiger partial charge in [0.1, 0.15) is 0 Å². The fourth-order valence-electron chi connectivity index (χ4n) is 0. The van der Waals surface area contributed by atoms with E-state index in [9.17, 15) is 0 Å². The second-order valence-corrected chi connectivity index (χ2v) is 6.77. The molecule has 2 N–H and O–H groups in total. The molecule has 9 heavy (non-hydrogen) atoms. The van der Waals surface area contributed by atoms with Crippen LogP contribution in [0.1, 0.15) is 6.92 Å². The molecule has 0 spiro atoms. The molecule has 0 aromatic rings. The molecule has 5 heteroatoms. The van der Waals surface area contributed by atoms with Crippen molar-refractivity contribution >= 4 is 35.5 Å². The highest BCUT2D eigenvalue weighted by atomic mass is 32.4. The molecule has 0 saturated heterocycles. The maximum absolute atomic E-state index is 8.75. The van der Waals surface area contributed by atoms with Gasteiger partial charge in [0.15, 0.2) is 0 Å². The number of nitrogens with one attached hydrogen (secondary N) is 1. The number of thiocarbonyl (C=S) groups is 1. The van der Waals surface area contributed by atoms with E-state index < -0.39 is 6.26 Å². The molecule has 54 valence electrons. The third kappa shape index (κ3) is 29.7. The third-order valence-corrected chi connectivity index (χ3v) is 2.53. The molecule has 1 unspecified atom stereocenters. The predicted octanol–water partition coefficient (Wildman–Crippen LogP) is 1.69. The first-order valence-corrected chi connectivity index (χ1v) is 6.10. The van der Waals surface area contributed by atoms with Gasteiger partial charge in [0.25, 0.3) is 0 Å². The minimum atomic E-state index is -1.81. The highest BCUT2D eigenvalue weighted by molar-refractivity contribution is 8.11. The zero-order valence-electron chi connectivity index (χ0n) is 5.42. The van der Waals surface area contributed by atoms with Crippen molar-refractivity contribution in [2.45, 2.75) is 6.92 Å². The Kier molecular flexibility index (Phi) is 8.79. The van der Waals surface area contributed by atoms with Gasteiger partial charge in [-0.25, -0.2) is 5.41 Å². The van der Waals surface area contributed by atoms with E-state index in [1.807, 2.05) is 6.92 Å². The summed E-state index contributed by atoms with van der Waals surface area (Å²) in [4.78, 5) is 8.75. The van der Waals surface area contributed by atoms with Crippen LogP contribution < -0.4 is 0 Å². The first-order chi connectivity index (χ1) is 3.97. The minimum absolute atomic E-state index is 0.752. The zero-order valence-corrected chi connectivity index (χ0v) is 7.95. The Labute approximate surface area is 65.9 Å². The molecule has 0 saturated carbocycles. The first-order valence-electron chi connectivity index (χ1n) is 2.31. The van der Waals surface area contributed by atoms with Crippen LogP contribution in [0.3, 0.4) is 0 Å². The Morgan fingerprint density at radius 3 is 1.89 bits per heavy atom. The summed E-state index contributed by atoms with van der Waals surface area (Å²) in [5.41, 5.74) is 0. The van der Waals surface area contributed by atoms with Crippen LogP contribution in [0.15, 0.2) is 0 Å². The predicted molar refractivity (Wildman–Crippen MR) is 48.3 cm³/mol. The third-order valence-electron chi connectivity index (χ3n) is 0.587. The highest BCUT2D eigenvalue weighted by Gasteiger charge is 1.95. The van der Waals surface area contributed by atoms with Crippen LogP contribution in [-0.2, 0) is 11.8 Å². The van der Waals surface area contributed by atoms with Crippen molar-refractivity contribution in [2.75, 3.05) is 12.8 Å². The molecule has 0 aromatic carbocycles. The van der Waals surface area contributed by atoms with Crippen molar-refractivity contribution in [2.24, 2.45) is 0 Å². The molecule has 0 aliphatic heterocycles. The van der Waals surface area contributed by atoms with Crippen LogP contribution in [0.5, 0.6) is 0 Å². The van der Waals surface area contributed by atoms with Gasteiger partial charge in [-0.05, 0) is 25.0 Å². The van der Waals surface area contributed by atoms with Gasteiger partial charge < -0.3 is 4.89 Å². The van der Waals surface area contributed by atoms with Gasteiger partial charge >= 0.3 is 0 Å². The summed E-state index contributed by atoms with van der Waals surface area (Å²) in [6.07, 6.45) is -1.06. The van der Waals surface area contributed by atoms with Gasteiger partial charge in [0.05, 0.1) is 11.4 Å². The number of hydrogen-bond acceptors (Lipinski definition) is 3. The standard InChI is InChI=1S/C3H9OPS.CHNS/c1-3-5(2,4)6;2-1-3/h3H2,1-2H3,(H,4,6);2H. The number of rotatable bonds is 1. The monoisotopic (exact) mass is 183 g/mol. The Hall–Kier alpha value is 0.410. The second-order valence-electron chi connectivity index (χ2n) is 1.47. The second kappa shape index (κ2) is 6.53. The molecular weight excluding hydrogens is 173 g/mol. The summed E-state index contributed by atoms with van der Waals surface area (Å²) in [5.74, 6) is 0. The van der Waals surface area contributed by atoms with E-state index in [1.54, 1.807) is 11.8 Å². The molecule has 0 rings (SSSR count). The van der Waals surface area contributed by atoms with E-state index in [-0.39, 0.29) is 0 Å². The molecule has 0 heterocycles. The highest BCUT2D eigenvalue weighted by Crippen LogP contribution is 2.33. The summed E-state index contributed by atoms with van der Waals surface area (Å²) in [5, 5.41) is 7.36. The SMILES string of the molecule is CCP(C)(O)=S.N=C=S. The molecule has 2 nitrogen and oxygen atoms in total. The smallest absolute Gasteiger partial charge is 0.0605 e. The quantitative estimate of drug-likeness (QED) is 0.369. The molecule has 0 aliphatic rings. The number of isothiocyanates is 1. The molecule has 0 amide bonds. The Bertz CT molecular complexity index is 136. The van der Waals surface area contributed by atoms with Crippen molar-refractivity contribution in [3.63, 3.8) is 0 Å². The van der Waals surface area contributed by atoms with Gasteiger partial charge in [0.2, 0.25) is 0 Å². The zero-order chi connectivity index (χ0) is 7.91. The normalized spacial score (nSPS) is 14.1. The Balaban J connectivity index is 0. The van der Waals surface area contributed by atoms with E-state index in [0.717, 1.165) is 6.16 Å². The van der Waals surface area contributed by atoms with Crippen LogP contribution in [0, 0.1) is 5.41 Å². The number of hydrogen-bond donors (Lipinski definition) is 2. The lowest BCUT2D eigenvalue weighted by Crippen LogP contribution is -1.74. The Morgan fingerprint density at radius 2 is 1.89 bits per heavy atom. The lowest BCUT2D eigenvalue weighted by Gasteiger charge is -1.99. The molecule has 0 fully saturated rings. The molecule has 0 bridgehead atoms. The van der Waals surface area contributed by atoms with Gasteiger partial charge in [-0.15, -0.1) is 0 Å². The fraction of sp³-hybridized carbons (Fsp3) is 0.750. The van der Waals surface area contributed by atoms with Crippen molar-refractivity contribution < 1.29 is 4.89 Å². The van der Waals surface area contributed by atoms with E-state index in [1.165, 1.54) is 0 Å². The largest absolute Gasteiger partial charge is 0.365 e. The summed E-state index contributed by atoms with van der Waals surface area (Å²) in [6, 6.07) is 0. The van der Waals surface area contributed by atoms with E-state index in [0.29, 0.717) is 0 Å². The van der Waals surface area contributed by atoms with E-state index in [4.69, 9.17) is 10.3 Å². The van der Waals surface area contributed by atoms with Gasteiger partial charge in [-0.2, -0.15) is 0 Å². The average Bonchev–Trinajstić information content (AvgIpc) is 1.67. The van der Waals surface area contributed by atoms with Gasteiger partial charge in [-0.1, -0.05) is 18.7 Å². The van der Waals surface area contributed by atoms with Crippen LogP contribution in [0.4, 0.5) is 0 Å². The van der Waals surface area contributed by atoms with Crippen LogP contribution >= 0.6 is 18.5 Å². The summed E-state index contributed by atoms with van der Waals surface area (Å²) in [7, 11) is 0.